The highest BCUT2D eigenvalue weighted by molar-refractivity contribution is 6.00. The molecule has 3 heteroatoms. The van der Waals surface area contributed by atoms with E-state index >= 15 is 0 Å². The topological polar surface area (TPSA) is 38.7 Å². The molecule has 2 aliphatic rings. The Morgan fingerprint density at radius 2 is 2.26 bits per heavy atom. The fraction of sp³-hybridized carbons (Fsp3) is 0.125. The van der Waals surface area contributed by atoms with Crippen molar-refractivity contribution < 1.29 is 9.53 Å². The summed E-state index contributed by atoms with van der Waals surface area (Å²) in [6.45, 7) is 0. The highest BCUT2D eigenvalue weighted by Gasteiger charge is 2.17. The minimum Gasteiger partial charge on any atom is -0.465 e. The summed E-state index contributed by atoms with van der Waals surface area (Å²) in [6.07, 6.45) is 10.7. The molecule has 0 N–H and O–H groups in total. The fourth-order valence-corrected chi connectivity index (χ4v) is 2.28. The Morgan fingerprint density at radius 3 is 3.11 bits per heavy atom. The fourth-order valence-electron chi connectivity index (χ4n) is 2.28. The van der Waals surface area contributed by atoms with E-state index in [0.29, 0.717) is 5.56 Å². The van der Waals surface area contributed by atoms with Crippen molar-refractivity contribution in [2.24, 2.45) is 4.99 Å². The van der Waals surface area contributed by atoms with Crippen LogP contribution in [0.4, 0.5) is 0 Å². The van der Waals surface area contributed by atoms with Crippen LogP contribution in [0.2, 0.25) is 0 Å². The van der Waals surface area contributed by atoms with Crippen molar-refractivity contribution in [1.29, 1.82) is 0 Å². The molecule has 0 saturated carbocycles. The largest absolute Gasteiger partial charge is 0.465 e. The zero-order chi connectivity index (χ0) is 13.2. The van der Waals surface area contributed by atoms with Crippen molar-refractivity contribution in [3.05, 3.63) is 64.4 Å². The second-order valence-corrected chi connectivity index (χ2v) is 4.41. The van der Waals surface area contributed by atoms with Gasteiger partial charge in [0.15, 0.2) is 0 Å². The number of hydrogen-bond acceptors (Lipinski definition) is 3. The van der Waals surface area contributed by atoms with Gasteiger partial charge in [-0.3, -0.25) is 4.99 Å². The van der Waals surface area contributed by atoms with Crippen LogP contribution in [-0.2, 0) is 4.74 Å². The number of ether oxygens (including phenoxy) is 1. The third kappa shape index (κ3) is 2.03. The molecule has 3 nitrogen and oxygen atoms in total. The number of methoxy groups -OCH3 is 1. The molecule has 19 heavy (non-hydrogen) atoms. The van der Waals surface area contributed by atoms with Gasteiger partial charge in [-0.25, -0.2) is 4.79 Å². The van der Waals surface area contributed by atoms with Gasteiger partial charge >= 0.3 is 5.97 Å². The third-order valence-corrected chi connectivity index (χ3v) is 3.26. The molecule has 0 saturated heterocycles. The smallest absolute Gasteiger partial charge is 0.338 e. The number of nitrogens with zero attached hydrogens (tertiary/aromatic N) is 1. The molecule has 0 bridgehead atoms. The summed E-state index contributed by atoms with van der Waals surface area (Å²) in [4.78, 5) is 16.3. The molecule has 3 rings (SSSR count). The van der Waals surface area contributed by atoms with Crippen LogP contribution in [0.15, 0.2) is 52.7 Å². The number of allylic oxidation sites excluding steroid dienone is 4. The van der Waals surface area contributed by atoms with Gasteiger partial charge in [-0.1, -0.05) is 24.3 Å². The highest BCUT2D eigenvalue weighted by Crippen LogP contribution is 2.29. The normalized spacial score (nSPS) is 15.8. The molecular weight excluding hydrogens is 238 g/mol. The van der Waals surface area contributed by atoms with E-state index in [2.05, 4.69) is 11.1 Å². The highest BCUT2D eigenvalue weighted by atomic mass is 16.5. The van der Waals surface area contributed by atoms with E-state index in [0.717, 1.165) is 28.8 Å². The molecule has 0 radical (unpaired) electrons. The van der Waals surface area contributed by atoms with E-state index < -0.39 is 0 Å². The van der Waals surface area contributed by atoms with Gasteiger partial charge in [0.25, 0.3) is 0 Å². The molecule has 0 amide bonds. The maximum Gasteiger partial charge on any atom is 0.338 e. The molecule has 1 aromatic carbocycles. The Morgan fingerprint density at radius 1 is 1.37 bits per heavy atom. The predicted octanol–water partition coefficient (Wildman–Crippen LogP) is 3.13. The van der Waals surface area contributed by atoms with Crippen LogP contribution in [0.25, 0.3) is 6.08 Å². The lowest BCUT2D eigenvalue weighted by Gasteiger charge is -2.09. The Kier molecular flexibility index (Phi) is 2.88. The summed E-state index contributed by atoms with van der Waals surface area (Å²) in [7, 11) is 1.40. The first kappa shape index (κ1) is 11.7. The Hall–Kier alpha value is -2.42. The van der Waals surface area contributed by atoms with E-state index in [9.17, 15) is 4.79 Å². The zero-order valence-corrected chi connectivity index (χ0v) is 10.6. The summed E-state index contributed by atoms with van der Waals surface area (Å²) >= 11 is 0. The van der Waals surface area contributed by atoms with Crippen molar-refractivity contribution in [2.45, 2.75) is 6.42 Å². The lowest BCUT2D eigenvalue weighted by atomic mass is 9.97. The number of aliphatic imine (C=N–C) groups is 1. The van der Waals surface area contributed by atoms with Crippen molar-refractivity contribution in [3.8, 4) is 0 Å². The van der Waals surface area contributed by atoms with E-state index in [-0.39, 0.29) is 5.97 Å². The van der Waals surface area contributed by atoms with Crippen LogP contribution in [-0.4, -0.2) is 19.3 Å². The summed E-state index contributed by atoms with van der Waals surface area (Å²) in [5.41, 5.74) is 4.47. The van der Waals surface area contributed by atoms with E-state index in [1.54, 1.807) is 12.3 Å². The average Bonchev–Trinajstić information content (AvgIpc) is 2.65. The molecule has 0 aromatic heterocycles. The molecule has 1 heterocycles. The SMILES string of the molecule is COC(=O)c1cccc2c1C=C1CC=CC=C1N=C2. The van der Waals surface area contributed by atoms with Crippen LogP contribution < -0.4 is 0 Å². The summed E-state index contributed by atoms with van der Waals surface area (Å²) in [5, 5.41) is 0. The molecule has 1 aromatic rings. The third-order valence-electron chi connectivity index (χ3n) is 3.26. The van der Waals surface area contributed by atoms with Gasteiger partial charge in [0.2, 0.25) is 0 Å². The van der Waals surface area contributed by atoms with Crippen molar-refractivity contribution >= 4 is 18.3 Å². The average molecular weight is 251 g/mol. The number of hydrogen-bond donors (Lipinski definition) is 0. The van der Waals surface area contributed by atoms with Crippen LogP contribution >= 0.6 is 0 Å². The number of esters is 1. The number of carbonyl (C=O) groups excluding carboxylic acids is 1. The monoisotopic (exact) mass is 251 g/mol. The number of benzene rings is 1. The minimum absolute atomic E-state index is 0.319. The summed E-state index contributed by atoms with van der Waals surface area (Å²) in [5.74, 6) is -0.319. The Bertz CT molecular complexity index is 663. The Balaban J connectivity index is 2.20. The second-order valence-electron chi connectivity index (χ2n) is 4.41. The lowest BCUT2D eigenvalue weighted by molar-refractivity contribution is 0.0600. The standard InChI is InChI=1S/C16H13NO2/c1-19-16(18)13-7-4-6-12-10-17-15-8-3-2-5-11(15)9-14(12)13/h2-4,6-10H,5H2,1H3. The van der Waals surface area contributed by atoms with Crippen LogP contribution in [0.5, 0.6) is 0 Å². The first-order chi connectivity index (χ1) is 9.29. The van der Waals surface area contributed by atoms with Gasteiger partial charge < -0.3 is 4.74 Å². The van der Waals surface area contributed by atoms with Gasteiger partial charge in [-0.15, -0.1) is 0 Å². The van der Waals surface area contributed by atoms with E-state index in [4.69, 9.17) is 4.74 Å². The maximum atomic E-state index is 11.8. The molecule has 1 aliphatic carbocycles. The lowest BCUT2D eigenvalue weighted by Crippen LogP contribution is -2.05. The van der Waals surface area contributed by atoms with Gasteiger partial charge in [-0.2, -0.15) is 0 Å². The van der Waals surface area contributed by atoms with Gasteiger partial charge in [-0.05, 0) is 35.8 Å². The quantitative estimate of drug-likeness (QED) is 0.719. The first-order valence-electron chi connectivity index (χ1n) is 6.13. The van der Waals surface area contributed by atoms with Crippen LogP contribution in [0.3, 0.4) is 0 Å². The predicted molar refractivity (Wildman–Crippen MR) is 75.2 cm³/mol. The second kappa shape index (κ2) is 4.69. The van der Waals surface area contributed by atoms with E-state index in [1.165, 1.54) is 7.11 Å². The molecule has 0 fully saturated rings. The van der Waals surface area contributed by atoms with Gasteiger partial charge in [0, 0.05) is 11.8 Å². The van der Waals surface area contributed by atoms with Crippen molar-refractivity contribution in [3.63, 3.8) is 0 Å². The van der Waals surface area contributed by atoms with Crippen LogP contribution in [0.1, 0.15) is 27.9 Å². The minimum atomic E-state index is -0.319. The van der Waals surface area contributed by atoms with Crippen LogP contribution in [0, 0.1) is 0 Å². The molecule has 0 unspecified atom stereocenters. The summed E-state index contributed by atoms with van der Waals surface area (Å²) < 4.78 is 4.84. The molecule has 1 aliphatic heterocycles. The number of fused-ring (bicyclic) bond motifs is 2. The van der Waals surface area contributed by atoms with Gasteiger partial charge in [0.05, 0.1) is 18.4 Å². The van der Waals surface area contributed by atoms with Gasteiger partial charge in [0.1, 0.15) is 0 Å². The zero-order valence-electron chi connectivity index (χ0n) is 10.6. The van der Waals surface area contributed by atoms with Crippen molar-refractivity contribution in [1.82, 2.24) is 0 Å². The molecule has 94 valence electrons. The first-order valence-corrected chi connectivity index (χ1v) is 6.13. The number of carbonyl (C=O) groups is 1. The van der Waals surface area contributed by atoms with E-state index in [1.807, 2.05) is 30.4 Å². The summed E-state index contributed by atoms with van der Waals surface area (Å²) in [6, 6.07) is 5.58. The molecule has 0 atom stereocenters. The molecule has 0 spiro atoms. The van der Waals surface area contributed by atoms with Crippen molar-refractivity contribution in [2.75, 3.05) is 7.11 Å². The number of rotatable bonds is 1. The Labute approximate surface area is 111 Å². The molecular formula is C16H13NO2. The maximum absolute atomic E-state index is 11.8.